The highest BCUT2D eigenvalue weighted by molar-refractivity contribution is 5.82. The normalized spacial score (nSPS) is 11.8. The van der Waals surface area contributed by atoms with Gasteiger partial charge in [-0.05, 0) is 0 Å². The van der Waals surface area contributed by atoms with Crippen LogP contribution in [0.5, 0.6) is 0 Å². The summed E-state index contributed by atoms with van der Waals surface area (Å²) in [5.41, 5.74) is 0. The van der Waals surface area contributed by atoms with E-state index in [1.54, 1.807) is 0 Å². The standard InChI is InChI=1S/C10H10O6/c11-8(12)4-1-7(2-5-9(13)14)3-6-10(15)16/h1-7H,(H,11,12)(H,13,14)(H,15,16)/b4-1+,5-2+,6-3+. The van der Waals surface area contributed by atoms with Crippen molar-refractivity contribution in [3.63, 3.8) is 0 Å². The molecule has 0 aliphatic heterocycles. The Labute approximate surface area is 90.8 Å². The van der Waals surface area contributed by atoms with Gasteiger partial charge in [0.1, 0.15) is 0 Å². The Morgan fingerprint density at radius 1 is 0.688 bits per heavy atom. The predicted octanol–water partition coefficient (Wildman–Crippen LogP) is 0.525. The van der Waals surface area contributed by atoms with Gasteiger partial charge in [-0.1, -0.05) is 18.2 Å². The summed E-state index contributed by atoms with van der Waals surface area (Å²) in [7, 11) is 0. The molecule has 0 aliphatic rings. The average molecular weight is 226 g/mol. The van der Waals surface area contributed by atoms with Gasteiger partial charge < -0.3 is 15.3 Å². The van der Waals surface area contributed by atoms with Gasteiger partial charge in [-0.3, -0.25) is 0 Å². The zero-order valence-corrected chi connectivity index (χ0v) is 8.11. The molecule has 0 fully saturated rings. The van der Waals surface area contributed by atoms with Crippen molar-refractivity contribution in [3.8, 4) is 0 Å². The van der Waals surface area contributed by atoms with Crippen LogP contribution in [0, 0.1) is 5.92 Å². The van der Waals surface area contributed by atoms with Gasteiger partial charge in [-0.15, -0.1) is 0 Å². The molecule has 0 spiro atoms. The van der Waals surface area contributed by atoms with Gasteiger partial charge in [0.05, 0.1) is 0 Å². The lowest BCUT2D eigenvalue weighted by atomic mass is 10.1. The van der Waals surface area contributed by atoms with E-state index in [4.69, 9.17) is 15.3 Å². The second-order valence-electron chi connectivity index (χ2n) is 2.67. The summed E-state index contributed by atoms with van der Waals surface area (Å²) >= 11 is 0. The molecule has 6 nitrogen and oxygen atoms in total. The molecule has 0 unspecified atom stereocenters. The van der Waals surface area contributed by atoms with Crippen LogP contribution in [0.4, 0.5) is 0 Å². The quantitative estimate of drug-likeness (QED) is 0.569. The number of carboxylic acids is 3. The molecule has 0 aromatic carbocycles. The molecule has 0 heterocycles. The summed E-state index contributed by atoms with van der Waals surface area (Å²) < 4.78 is 0. The number of hydrogen-bond acceptors (Lipinski definition) is 3. The lowest BCUT2D eigenvalue weighted by Gasteiger charge is -1.97. The molecule has 0 saturated heterocycles. The molecule has 86 valence electrons. The van der Waals surface area contributed by atoms with Crippen LogP contribution in [0.15, 0.2) is 36.5 Å². The van der Waals surface area contributed by atoms with E-state index in [1.165, 1.54) is 18.2 Å². The van der Waals surface area contributed by atoms with Crippen molar-refractivity contribution in [2.24, 2.45) is 5.92 Å². The van der Waals surface area contributed by atoms with Gasteiger partial charge in [0.15, 0.2) is 0 Å². The number of carboxylic acid groups (broad SMARTS) is 3. The van der Waals surface area contributed by atoms with Crippen LogP contribution >= 0.6 is 0 Å². The number of rotatable bonds is 6. The number of allylic oxidation sites excluding steroid dienone is 3. The van der Waals surface area contributed by atoms with E-state index >= 15 is 0 Å². The molecule has 0 amide bonds. The fraction of sp³-hybridized carbons (Fsp3) is 0.100. The van der Waals surface area contributed by atoms with Gasteiger partial charge in [0.25, 0.3) is 0 Å². The SMILES string of the molecule is O=C(O)/C=C/C(/C=C/C(=O)O)/C=C/C(=O)O. The fourth-order valence-electron chi connectivity index (χ4n) is 0.773. The highest BCUT2D eigenvalue weighted by Crippen LogP contribution is 2.04. The average Bonchev–Trinajstić information content (AvgIpc) is 2.15. The van der Waals surface area contributed by atoms with E-state index in [1.807, 2.05) is 0 Å². The summed E-state index contributed by atoms with van der Waals surface area (Å²) in [5, 5.41) is 25.0. The van der Waals surface area contributed by atoms with Crippen LogP contribution in [-0.4, -0.2) is 33.2 Å². The van der Waals surface area contributed by atoms with Crippen molar-refractivity contribution in [1.82, 2.24) is 0 Å². The zero-order valence-electron chi connectivity index (χ0n) is 8.11. The van der Waals surface area contributed by atoms with Gasteiger partial charge in [0, 0.05) is 24.1 Å². The molecule has 0 saturated carbocycles. The summed E-state index contributed by atoms with van der Waals surface area (Å²) in [6.07, 6.45) is 5.93. The Morgan fingerprint density at radius 3 is 1.12 bits per heavy atom. The lowest BCUT2D eigenvalue weighted by molar-refractivity contribution is -0.132. The van der Waals surface area contributed by atoms with Crippen molar-refractivity contribution in [2.45, 2.75) is 0 Å². The maximum atomic E-state index is 10.2. The minimum absolute atomic E-state index is 0.691. The third kappa shape index (κ3) is 8.24. The molecule has 16 heavy (non-hydrogen) atoms. The molecule has 0 rings (SSSR count). The van der Waals surface area contributed by atoms with Crippen LogP contribution < -0.4 is 0 Å². The molecule has 0 aromatic heterocycles. The summed E-state index contributed by atoms with van der Waals surface area (Å²) in [6, 6.07) is 0. The van der Waals surface area contributed by atoms with E-state index in [0.29, 0.717) is 0 Å². The largest absolute Gasteiger partial charge is 0.478 e. The predicted molar refractivity (Wildman–Crippen MR) is 53.8 cm³/mol. The highest BCUT2D eigenvalue weighted by atomic mass is 16.4. The first kappa shape index (κ1) is 13.6. The fourth-order valence-corrected chi connectivity index (χ4v) is 0.773. The van der Waals surface area contributed by atoms with E-state index in [9.17, 15) is 14.4 Å². The van der Waals surface area contributed by atoms with Gasteiger partial charge >= 0.3 is 17.9 Å². The monoisotopic (exact) mass is 226 g/mol. The van der Waals surface area contributed by atoms with Crippen molar-refractivity contribution in [3.05, 3.63) is 36.5 Å². The van der Waals surface area contributed by atoms with E-state index in [0.717, 1.165) is 18.2 Å². The van der Waals surface area contributed by atoms with Gasteiger partial charge in [-0.25, -0.2) is 14.4 Å². The van der Waals surface area contributed by atoms with E-state index < -0.39 is 23.8 Å². The van der Waals surface area contributed by atoms with Crippen LogP contribution in [0.2, 0.25) is 0 Å². The molecule has 6 heteroatoms. The summed E-state index contributed by atoms with van der Waals surface area (Å²) in [5.74, 6) is -4.28. The molecule has 3 N–H and O–H groups in total. The van der Waals surface area contributed by atoms with Crippen LogP contribution in [0.1, 0.15) is 0 Å². The minimum atomic E-state index is -1.20. The maximum Gasteiger partial charge on any atom is 0.328 e. The second-order valence-corrected chi connectivity index (χ2v) is 2.67. The minimum Gasteiger partial charge on any atom is -0.478 e. The molecule has 0 bridgehead atoms. The third-order valence-corrected chi connectivity index (χ3v) is 1.38. The topological polar surface area (TPSA) is 112 Å². The molecule has 0 aromatic rings. The van der Waals surface area contributed by atoms with Gasteiger partial charge in [-0.2, -0.15) is 0 Å². The Hall–Kier alpha value is -2.37. The maximum absolute atomic E-state index is 10.2. The first-order chi connectivity index (χ1) is 7.41. The summed E-state index contributed by atoms with van der Waals surface area (Å²) in [6.45, 7) is 0. The molecule has 0 aliphatic carbocycles. The number of hydrogen-bond donors (Lipinski definition) is 3. The molecular formula is C10H10O6. The Bertz CT molecular complexity index is 306. The van der Waals surface area contributed by atoms with Crippen molar-refractivity contribution in [2.75, 3.05) is 0 Å². The molecular weight excluding hydrogens is 216 g/mol. The Kier molecular flexibility index (Phi) is 5.96. The first-order valence-corrected chi connectivity index (χ1v) is 4.15. The lowest BCUT2D eigenvalue weighted by Crippen LogP contribution is -1.96. The molecule has 0 radical (unpaired) electrons. The van der Waals surface area contributed by atoms with Crippen LogP contribution in [0.3, 0.4) is 0 Å². The van der Waals surface area contributed by atoms with Crippen LogP contribution in [-0.2, 0) is 14.4 Å². The Balaban J connectivity index is 4.69. The van der Waals surface area contributed by atoms with E-state index in [2.05, 4.69) is 0 Å². The van der Waals surface area contributed by atoms with Crippen molar-refractivity contribution >= 4 is 17.9 Å². The molecule has 0 atom stereocenters. The smallest absolute Gasteiger partial charge is 0.328 e. The zero-order chi connectivity index (χ0) is 12.6. The second kappa shape index (κ2) is 6.99. The Morgan fingerprint density at radius 2 is 0.938 bits per heavy atom. The van der Waals surface area contributed by atoms with E-state index in [-0.39, 0.29) is 0 Å². The first-order valence-electron chi connectivity index (χ1n) is 4.15. The van der Waals surface area contributed by atoms with Gasteiger partial charge in [0.2, 0.25) is 0 Å². The number of aliphatic carboxylic acids is 3. The van der Waals surface area contributed by atoms with Crippen LogP contribution in [0.25, 0.3) is 0 Å². The van der Waals surface area contributed by atoms with Crippen molar-refractivity contribution in [1.29, 1.82) is 0 Å². The highest BCUT2D eigenvalue weighted by Gasteiger charge is 1.99. The number of carbonyl (C=O) groups is 3. The van der Waals surface area contributed by atoms with Crippen molar-refractivity contribution < 1.29 is 29.7 Å². The third-order valence-electron chi connectivity index (χ3n) is 1.38. The summed E-state index contributed by atoms with van der Waals surface area (Å²) in [4.78, 5) is 30.6.